The van der Waals surface area contributed by atoms with Gasteiger partial charge in [-0.05, 0) is 24.6 Å². The van der Waals surface area contributed by atoms with Crippen LogP contribution in [0.4, 0.5) is 0 Å². The summed E-state index contributed by atoms with van der Waals surface area (Å²) >= 11 is 0. The van der Waals surface area contributed by atoms with Crippen molar-refractivity contribution in [3.05, 3.63) is 84.0 Å². The van der Waals surface area contributed by atoms with E-state index in [9.17, 15) is 5.11 Å². The largest absolute Gasteiger partial charge is 0.459 e. The number of rotatable bonds is 5. The number of aromatic nitrogens is 3. The van der Waals surface area contributed by atoms with Crippen LogP contribution in [0.3, 0.4) is 0 Å². The number of hydrogen-bond acceptors (Lipinski definition) is 5. The number of furan rings is 1. The monoisotopic (exact) mass is 335 g/mol. The molecule has 1 aromatic carbocycles. The first-order chi connectivity index (χ1) is 12.2. The third-order valence-corrected chi connectivity index (χ3v) is 4.05. The van der Waals surface area contributed by atoms with Gasteiger partial charge < -0.3 is 18.5 Å². The Labute approximate surface area is 144 Å². The highest BCUT2D eigenvalue weighted by Gasteiger charge is 2.19. The predicted octanol–water partition coefficient (Wildman–Crippen LogP) is 3.57. The Morgan fingerprint density at radius 2 is 2.00 bits per heavy atom. The second-order valence-corrected chi connectivity index (χ2v) is 5.73. The molecular weight excluding hydrogens is 318 g/mol. The first-order valence-electron chi connectivity index (χ1n) is 7.96. The molecule has 4 aromatic rings. The Morgan fingerprint density at radius 1 is 1.16 bits per heavy atom. The Kier molecular flexibility index (Phi) is 3.95. The summed E-state index contributed by atoms with van der Waals surface area (Å²) in [5.74, 6) is 2.31. The number of imidazole rings is 1. The van der Waals surface area contributed by atoms with Crippen LogP contribution in [0.1, 0.15) is 28.9 Å². The van der Waals surface area contributed by atoms with E-state index in [1.807, 2.05) is 48.0 Å². The molecule has 3 aromatic heterocycles. The molecule has 0 amide bonds. The molecule has 0 radical (unpaired) electrons. The standard InChI is InChI=1S/C19H17N3O3/c1-13-15(21-19(25-13)16-8-5-11-24-16)12-22-10-9-20-18(22)17(23)14-6-3-2-4-7-14/h2-11,17,23H,12H2,1H3. The Balaban J connectivity index is 1.62. The third-order valence-electron chi connectivity index (χ3n) is 4.05. The lowest BCUT2D eigenvalue weighted by Crippen LogP contribution is -2.11. The summed E-state index contributed by atoms with van der Waals surface area (Å²) in [6.45, 7) is 2.31. The van der Waals surface area contributed by atoms with E-state index in [0.717, 1.165) is 11.3 Å². The summed E-state index contributed by atoms with van der Waals surface area (Å²) < 4.78 is 12.9. The molecule has 3 heterocycles. The van der Waals surface area contributed by atoms with Crippen molar-refractivity contribution >= 4 is 0 Å². The number of aliphatic hydroxyl groups is 1. The van der Waals surface area contributed by atoms with Crippen molar-refractivity contribution in [1.29, 1.82) is 0 Å². The molecule has 0 aliphatic heterocycles. The molecule has 126 valence electrons. The lowest BCUT2D eigenvalue weighted by molar-refractivity contribution is 0.205. The molecule has 6 nitrogen and oxygen atoms in total. The first-order valence-corrected chi connectivity index (χ1v) is 7.96. The van der Waals surface area contributed by atoms with Crippen molar-refractivity contribution in [1.82, 2.24) is 14.5 Å². The van der Waals surface area contributed by atoms with Crippen molar-refractivity contribution in [3.63, 3.8) is 0 Å². The van der Waals surface area contributed by atoms with Gasteiger partial charge in [0.25, 0.3) is 5.89 Å². The van der Waals surface area contributed by atoms with Gasteiger partial charge in [-0.3, -0.25) is 0 Å². The zero-order valence-electron chi connectivity index (χ0n) is 13.7. The van der Waals surface area contributed by atoms with Crippen LogP contribution in [0.15, 0.2) is 70.0 Å². The minimum Gasteiger partial charge on any atom is -0.459 e. The molecule has 0 fully saturated rings. The van der Waals surface area contributed by atoms with Gasteiger partial charge in [0.15, 0.2) is 5.76 Å². The average molecular weight is 335 g/mol. The molecular formula is C19H17N3O3. The zero-order chi connectivity index (χ0) is 17.2. The third kappa shape index (κ3) is 2.99. The van der Waals surface area contributed by atoms with Crippen LogP contribution in [-0.4, -0.2) is 19.6 Å². The second-order valence-electron chi connectivity index (χ2n) is 5.73. The van der Waals surface area contributed by atoms with E-state index in [4.69, 9.17) is 8.83 Å². The molecule has 0 saturated heterocycles. The van der Waals surface area contributed by atoms with Gasteiger partial charge in [0.2, 0.25) is 0 Å². The molecule has 0 aliphatic carbocycles. The Bertz CT molecular complexity index is 955. The number of aliphatic hydroxyl groups excluding tert-OH is 1. The predicted molar refractivity (Wildman–Crippen MR) is 90.8 cm³/mol. The number of nitrogens with zero attached hydrogens (tertiary/aromatic N) is 3. The van der Waals surface area contributed by atoms with Crippen LogP contribution in [0.25, 0.3) is 11.7 Å². The molecule has 0 saturated carbocycles. The van der Waals surface area contributed by atoms with E-state index in [-0.39, 0.29) is 0 Å². The zero-order valence-corrected chi connectivity index (χ0v) is 13.7. The van der Waals surface area contributed by atoms with Gasteiger partial charge in [-0.25, -0.2) is 9.97 Å². The first kappa shape index (κ1) is 15.4. The van der Waals surface area contributed by atoms with Crippen LogP contribution in [0.2, 0.25) is 0 Å². The summed E-state index contributed by atoms with van der Waals surface area (Å²) in [5.41, 5.74) is 1.56. The molecule has 1 N–H and O–H groups in total. The highest BCUT2D eigenvalue weighted by molar-refractivity contribution is 5.44. The van der Waals surface area contributed by atoms with Crippen LogP contribution in [0.5, 0.6) is 0 Å². The van der Waals surface area contributed by atoms with E-state index in [2.05, 4.69) is 9.97 Å². The highest BCUT2D eigenvalue weighted by atomic mass is 16.4. The van der Waals surface area contributed by atoms with Crippen molar-refractivity contribution in [2.75, 3.05) is 0 Å². The maximum absolute atomic E-state index is 10.6. The summed E-state index contributed by atoms with van der Waals surface area (Å²) in [5, 5.41) is 10.6. The van der Waals surface area contributed by atoms with Gasteiger partial charge in [-0.1, -0.05) is 30.3 Å². The van der Waals surface area contributed by atoms with Crippen LogP contribution in [0, 0.1) is 6.92 Å². The SMILES string of the molecule is Cc1oc(-c2ccco2)nc1Cn1ccnc1C(O)c1ccccc1. The maximum Gasteiger partial charge on any atom is 0.263 e. The highest BCUT2D eigenvalue weighted by Crippen LogP contribution is 2.24. The van der Waals surface area contributed by atoms with Crippen LogP contribution in [-0.2, 0) is 6.54 Å². The van der Waals surface area contributed by atoms with E-state index < -0.39 is 6.10 Å². The fourth-order valence-corrected chi connectivity index (χ4v) is 2.73. The van der Waals surface area contributed by atoms with Gasteiger partial charge in [0.1, 0.15) is 23.4 Å². The van der Waals surface area contributed by atoms with Crippen molar-refractivity contribution in [2.45, 2.75) is 19.6 Å². The maximum atomic E-state index is 10.6. The molecule has 6 heteroatoms. The number of oxazole rings is 1. The molecule has 1 unspecified atom stereocenters. The molecule has 25 heavy (non-hydrogen) atoms. The molecule has 0 spiro atoms. The van der Waals surface area contributed by atoms with E-state index in [0.29, 0.717) is 29.8 Å². The van der Waals surface area contributed by atoms with Crippen LogP contribution >= 0.6 is 0 Å². The summed E-state index contributed by atoms with van der Waals surface area (Å²) in [6.07, 6.45) is 4.28. The summed E-state index contributed by atoms with van der Waals surface area (Å²) in [7, 11) is 0. The molecule has 1 atom stereocenters. The second kappa shape index (κ2) is 6.41. The molecule has 0 bridgehead atoms. The topological polar surface area (TPSA) is 77.2 Å². The summed E-state index contributed by atoms with van der Waals surface area (Å²) in [4.78, 5) is 8.82. The van der Waals surface area contributed by atoms with Crippen molar-refractivity contribution in [2.24, 2.45) is 0 Å². The van der Waals surface area contributed by atoms with Crippen molar-refractivity contribution < 1.29 is 13.9 Å². The van der Waals surface area contributed by atoms with Gasteiger partial charge in [-0.15, -0.1) is 0 Å². The molecule has 4 rings (SSSR count). The van der Waals surface area contributed by atoms with Gasteiger partial charge in [-0.2, -0.15) is 0 Å². The van der Waals surface area contributed by atoms with E-state index >= 15 is 0 Å². The minimum absolute atomic E-state index is 0.447. The lowest BCUT2D eigenvalue weighted by Gasteiger charge is -2.13. The van der Waals surface area contributed by atoms with E-state index in [1.54, 1.807) is 24.6 Å². The van der Waals surface area contributed by atoms with E-state index in [1.165, 1.54) is 0 Å². The van der Waals surface area contributed by atoms with Gasteiger partial charge in [0.05, 0.1) is 12.8 Å². The van der Waals surface area contributed by atoms with Gasteiger partial charge >= 0.3 is 0 Å². The molecule has 0 aliphatic rings. The summed E-state index contributed by atoms with van der Waals surface area (Å²) in [6, 6.07) is 13.0. The average Bonchev–Trinajstić information content (AvgIpc) is 3.37. The quantitative estimate of drug-likeness (QED) is 0.603. The Hall–Kier alpha value is -3.12. The number of aryl methyl sites for hydroxylation is 1. The fourth-order valence-electron chi connectivity index (χ4n) is 2.73. The Morgan fingerprint density at radius 3 is 2.76 bits per heavy atom. The fraction of sp³-hybridized carbons (Fsp3) is 0.158. The van der Waals surface area contributed by atoms with Gasteiger partial charge in [0, 0.05) is 12.4 Å². The number of benzene rings is 1. The smallest absolute Gasteiger partial charge is 0.263 e. The normalized spacial score (nSPS) is 12.4. The lowest BCUT2D eigenvalue weighted by atomic mass is 10.1. The van der Waals surface area contributed by atoms with Crippen LogP contribution < -0.4 is 0 Å². The number of hydrogen-bond donors (Lipinski definition) is 1. The minimum atomic E-state index is -0.798. The van der Waals surface area contributed by atoms with Crippen molar-refractivity contribution in [3.8, 4) is 11.7 Å².